The Kier molecular flexibility index (Phi) is 3.88. The van der Waals surface area contributed by atoms with Gasteiger partial charge in [0.1, 0.15) is 11.8 Å². The average molecular weight is 240 g/mol. The Labute approximate surface area is 99.0 Å². The zero-order valence-electron chi connectivity index (χ0n) is 10.3. The molecule has 1 aromatic heterocycles. The molecule has 6 nitrogen and oxygen atoms in total. The van der Waals surface area contributed by atoms with Crippen molar-refractivity contribution in [2.45, 2.75) is 39.7 Å². The van der Waals surface area contributed by atoms with Gasteiger partial charge in [0.05, 0.1) is 0 Å². The fraction of sp³-hybridized carbons (Fsp3) is 0.545. The molecule has 0 bridgehead atoms. The van der Waals surface area contributed by atoms with Crippen molar-refractivity contribution in [3.05, 3.63) is 17.0 Å². The Hall–Kier alpha value is -1.85. The third kappa shape index (κ3) is 2.83. The molecule has 94 valence electrons. The molecule has 1 heterocycles. The summed E-state index contributed by atoms with van der Waals surface area (Å²) in [6.45, 7) is 6.97. The van der Waals surface area contributed by atoms with Gasteiger partial charge in [0.15, 0.2) is 5.69 Å². The zero-order chi connectivity index (χ0) is 13.2. The molecule has 0 aliphatic heterocycles. The molecule has 0 radical (unpaired) electrons. The molecule has 0 saturated carbocycles. The van der Waals surface area contributed by atoms with Crippen LogP contribution in [-0.4, -0.2) is 28.2 Å². The van der Waals surface area contributed by atoms with Crippen LogP contribution in [0.25, 0.3) is 0 Å². The number of aromatic nitrogens is 1. The van der Waals surface area contributed by atoms with Crippen molar-refractivity contribution in [2.75, 3.05) is 0 Å². The van der Waals surface area contributed by atoms with E-state index in [-0.39, 0.29) is 11.6 Å². The number of hydrogen-bond acceptors (Lipinski definition) is 4. The molecule has 0 spiro atoms. The maximum atomic E-state index is 11.7. The maximum absolute atomic E-state index is 11.7. The third-order valence-corrected chi connectivity index (χ3v) is 2.42. The predicted octanol–water partition coefficient (Wildman–Crippen LogP) is 1.31. The summed E-state index contributed by atoms with van der Waals surface area (Å²) in [6.07, 6.45) is 0. The number of carboxylic acids is 1. The van der Waals surface area contributed by atoms with Gasteiger partial charge in [-0.25, -0.2) is 0 Å². The number of hydrogen-bond donors (Lipinski definition) is 2. The summed E-state index contributed by atoms with van der Waals surface area (Å²) in [5.41, 5.74) is 0.789. The van der Waals surface area contributed by atoms with E-state index in [9.17, 15) is 9.59 Å². The Morgan fingerprint density at radius 2 is 1.94 bits per heavy atom. The van der Waals surface area contributed by atoms with Crippen LogP contribution in [0.2, 0.25) is 0 Å². The monoisotopic (exact) mass is 240 g/mol. The summed E-state index contributed by atoms with van der Waals surface area (Å²) in [5.74, 6) is -0.865. The van der Waals surface area contributed by atoms with Crippen molar-refractivity contribution >= 4 is 11.9 Å². The quantitative estimate of drug-likeness (QED) is 0.827. The SMILES string of the molecule is Cc1c(C(=O)N[C@@H](C)C(=O)O)noc1C(C)C. The number of amides is 1. The van der Waals surface area contributed by atoms with Crippen molar-refractivity contribution < 1.29 is 19.2 Å². The highest BCUT2D eigenvalue weighted by Crippen LogP contribution is 2.21. The van der Waals surface area contributed by atoms with Crippen LogP contribution >= 0.6 is 0 Å². The van der Waals surface area contributed by atoms with Crippen LogP contribution in [0.15, 0.2) is 4.52 Å². The van der Waals surface area contributed by atoms with Crippen molar-refractivity contribution in [3.63, 3.8) is 0 Å². The predicted molar refractivity (Wildman–Crippen MR) is 59.9 cm³/mol. The number of carbonyl (C=O) groups is 2. The molecule has 1 amide bonds. The molecule has 6 heteroatoms. The van der Waals surface area contributed by atoms with E-state index in [1.165, 1.54) is 6.92 Å². The summed E-state index contributed by atoms with van der Waals surface area (Å²) in [4.78, 5) is 22.3. The number of nitrogens with one attached hydrogen (secondary N) is 1. The van der Waals surface area contributed by atoms with Gasteiger partial charge in [-0.05, 0) is 13.8 Å². The molecule has 0 saturated heterocycles. The molecule has 17 heavy (non-hydrogen) atoms. The van der Waals surface area contributed by atoms with Gasteiger partial charge in [-0.2, -0.15) is 0 Å². The highest BCUT2D eigenvalue weighted by Gasteiger charge is 2.23. The van der Waals surface area contributed by atoms with Crippen molar-refractivity contribution in [1.29, 1.82) is 0 Å². The fourth-order valence-electron chi connectivity index (χ4n) is 1.43. The largest absolute Gasteiger partial charge is 0.480 e. The van der Waals surface area contributed by atoms with Gasteiger partial charge in [-0.15, -0.1) is 0 Å². The second kappa shape index (κ2) is 4.99. The minimum absolute atomic E-state index is 0.126. The second-order valence-electron chi connectivity index (χ2n) is 4.21. The zero-order valence-corrected chi connectivity index (χ0v) is 10.3. The number of nitrogens with zero attached hydrogens (tertiary/aromatic N) is 1. The first kappa shape index (κ1) is 13.2. The standard InChI is InChI=1S/C11H16N2O4/c1-5(2)9-6(3)8(13-17-9)10(14)12-7(4)11(15)16/h5,7H,1-4H3,(H,12,14)(H,15,16)/t7-/m0/s1. The highest BCUT2D eigenvalue weighted by molar-refractivity contribution is 5.96. The van der Waals surface area contributed by atoms with Crippen molar-refractivity contribution in [2.24, 2.45) is 0 Å². The lowest BCUT2D eigenvalue weighted by molar-refractivity contribution is -0.138. The fourth-order valence-corrected chi connectivity index (χ4v) is 1.43. The Morgan fingerprint density at radius 3 is 2.35 bits per heavy atom. The lowest BCUT2D eigenvalue weighted by Crippen LogP contribution is -2.38. The van der Waals surface area contributed by atoms with E-state index < -0.39 is 17.9 Å². The van der Waals surface area contributed by atoms with Gasteiger partial charge in [0.25, 0.3) is 5.91 Å². The van der Waals surface area contributed by atoms with Gasteiger partial charge in [-0.3, -0.25) is 9.59 Å². The molecule has 0 aliphatic carbocycles. The Bertz CT molecular complexity index is 437. The second-order valence-corrected chi connectivity index (χ2v) is 4.21. The molecule has 1 aromatic rings. The van der Waals surface area contributed by atoms with Crippen LogP contribution in [0, 0.1) is 6.92 Å². The van der Waals surface area contributed by atoms with E-state index in [2.05, 4.69) is 10.5 Å². The molecule has 2 N–H and O–H groups in total. The number of carbonyl (C=O) groups excluding carboxylic acids is 1. The molecule has 0 aromatic carbocycles. The van der Waals surface area contributed by atoms with Crippen LogP contribution < -0.4 is 5.32 Å². The van der Waals surface area contributed by atoms with Gasteiger partial charge in [0, 0.05) is 11.5 Å². The van der Waals surface area contributed by atoms with Gasteiger partial charge >= 0.3 is 5.97 Å². The first-order chi connectivity index (χ1) is 7.84. The molecule has 0 unspecified atom stereocenters. The summed E-state index contributed by atoms with van der Waals surface area (Å²) >= 11 is 0. The number of rotatable bonds is 4. The normalized spacial score (nSPS) is 12.5. The van der Waals surface area contributed by atoms with Gasteiger partial charge in [0.2, 0.25) is 0 Å². The van der Waals surface area contributed by atoms with E-state index in [4.69, 9.17) is 9.63 Å². The van der Waals surface area contributed by atoms with E-state index in [1.807, 2.05) is 13.8 Å². The van der Waals surface area contributed by atoms with Gasteiger partial charge in [-0.1, -0.05) is 19.0 Å². The molecular formula is C11H16N2O4. The van der Waals surface area contributed by atoms with Crippen LogP contribution in [0.5, 0.6) is 0 Å². The summed E-state index contributed by atoms with van der Waals surface area (Å²) in [6, 6.07) is -0.957. The summed E-state index contributed by atoms with van der Waals surface area (Å²) in [7, 11) is 0. The molecule has 0 aliphatic rings. The van der Waals surface area contributed by atoms with Gasteiger partial charge < -0.3 is 14.9 Å². The number of carboxylic acid groups (broad SMARTS) is 1. The average Bonchev–Trinajstić information content (AvgIpc) is 2.59. The maximum Gasteiger partial charge on any atom is 0.325 e. The highest BCUT2D eigenvalue weighted by atomic mass is 16.5. The van der Waals surface area contributed by atoms with Crippen LogP contribution in [-0.2, 0) is 4.79 Å². The first-order valence-corrected chi connectivity index (χ1v) is 5.34. The minimum Gasteiger partial charge on any atom is -0.480 e. The lowest BCUT2D eigenvalue weighted by atomic mass is 10.1. The molecule has 1 atom stereocenters. The van der Waals surface area contributed by atoms with Crippen molar-refractivity contribution in [1.82, 2.24) is 10.5 Å². The van der Waals surface area contributed by atoms with Crippen LogP contribution in [0.1, 0.15) is 48.5 Å². The van der Waals surface area contributed by atoms with E-state index in [1.54, 1.807) is 6.92 Å². The van der Waals surface area contributed by atoms with Crippen LogP contribution in [0.3, 0.4) is 0 Å². The van der Waals surface area contributed by atoms with E-state index >= 15 is 0 Å². The first-order valence-electron chi connectivity index (χ1n) is 5.34. The number of aliphatic carboxylic acids is 1. The van der Waals surface area contributed by atoms with E-state index in [0.29, 0.717) is 11.3 Å². The minimum atomic E-state index is -1.09. The smallest absolute Gasteiger partial charge is 0.325 e. The molecular weight excluding hydrogens is 224 g/mol. The summed E-state index contributed by atoms with van der Waals surface area (Å²) in [5, 5.41) is 14.7. The molecule has 0 fully saturated rings. The third-order valence-electron chi connectivity index (χ3n) is 2.42. The molecule has 1 rings (SSSR count). The topological polar surface area (TPSA) is 92.4 Å². The van der Waals surface area contributed by atoms with Crippen molar-refractivity contribution in [3.8, 4) is 0 Å². The van der Waals surface area contributed by atoms with E-state index in [0.717, 1.165) is 0 Å². The van der Waals surface area contributed by atoms with Crippen LogP contribution in [0.4, 0.5) is 0 Å². The lowest BCUT2D eigenvalue weighted by Gasteiger charge is -2.07. The summed E-state index contributed by atoms with van der Waals surface area (Å²) < 4.78 is 5.06. The Balaban J connectivity index is 2.87. The Morgan fingerprint density at radius 1 is 1.35 bits per heavy atom.